The van der Waals surface area contributed by atoms with Crippen LogP contribution < -0.4 is 5.73 Å². The van der Waals surface area contributed by atoms with Crippen molar-refractivity contribution in [3.05, 3.63) is 26.9 Å². The molecular formula is C11H14BrNS. The van der Waals surface area contributed by atoms with E-state index in [1.807, 2.05) is 0 Å². The summed E-state index contributed by atoms with van der Waals surface area (Å²) >= 11 is 5.32. The summed E-state index contributed by atoms with van der Waals surface area (Å²) in [5, 5.41) is 4.33. The first kappa shape index (κ1) is 10.4. The van der Waals surface area contributed by atoms with Crippen molar-refractivity contribution in [2.75, 3.05) is 0 Å². The van der Waals surface area contributed by atoms with E-state index in [2.05, 4.69) is 32.8 Å². The molecule has 2 N–H and O–H groups in total. The van der Waals surface area contributed by atoms with Gasteiger partial charge in [0, 0.05) is 21.5 Å². The van der Waals surface area contributed by atoms with Crippen LogP contribution >= 0.6 is 27.3 Å². The van der Waals surface area contributed by atoms with Crippen molar-refractivity contribution in [1.82, 2.24) is 0 Å². The maximum Gasteiger partial charge on any atom is 0.0357 e. The van der Waals surface area contributed by atoms with E-state index in [1.165, 1.54) is 34.9 Å². The number of halogens is 1. The molecule has 14 heavy (non-hydrogen) atoms. The molecule has 1 aromatic rings. The van der Waals surface area contributed by atoms with Crippen LogP contribution in [0.2, 0.25) is 0 Å². The summed E-state index contributed by atoms with van der Waals surface area (Å²) in [5.41, 5.74) is 8.75. The first-order chi connectivity index (χ1) is 6.77. The molecule has 1 unspecified atom stereocenters. The molecule has 0 fully saturated rings. The van der Waals surface area contributed by atoms with Crippen molar-refractivity contribution >= 4 is 32.8 Å². The van der Waals surface area contributed by atoms with Crippen LogP contribution in [0.4, 0.5) is 0 Å². The van der Waals surface area contributed by atoms with Gasteiger partial charge in [-0.05, 0) is 46.1 Å². The molecule has 1 heterocycles. The smallest absolute Gasteiger partial charge is 0.0357 e. The van der Waals surface area contributed by atoms with Crippen molar-refractivity contribution in [3.63, 3.8) is 0 Å². The Balaban J connectivity index is 2.28. The maximum absolute atomic E-state index is 5.99. The van der Waals surface area contributed by atoms with Crippen LogP contribution in [0.1, 0.15) is 31.2 Å². The molecular weight excluding hydrogens is 258 g/mol. The lowest BCUT2D eigenvalue weighted by Gasteiger charge is -2.05. The molecule has 0 amide bonds. The summed E-state index contributed by atoms with van der Waals surface area (Å²) < 4.78 is 1.21. The van der Waals surface area contributed by atoms with Gasteiger partial charge in [-0.1, -0.05) is 12.5 Å². The monoisotopic (exact) mass is 271 g/mol. The lowest BCUT2D eigenvalue weighted by molar-refractivity contribution is 0.658. The molecule has 0 radical (unpaired) electrons. The predicted molar refractivity (Wildman–Crippen MR) is 66.4 cm³/mol. The Morgan fingerprint density at radius 3 is 2.93 bits per heavy atom. The number of nitrogens with two attached hydrogens (primary N) is 1. The second kappa shape index (κ2) is 4.60. The van der Waals surface area contributed by atoms with Gasteiger partial charge in [0.2, 0.25) is 0 Å². The van der Waals surface area contributed by atoms with Gasteiger partial charge in [0.15, 0.2) is 0 Å². The lowest BCUT2D eigenvalue weighted by atomic mass is 10.0. The van der Waals surface area contributed by atoms with E-state index in [4.69, 9.17) is 5.73 Å². The van der Waals surface area contributed by atoms with Crippen molar-refractivity contribution in [2.24, 2.45) is 5.73 Å². The highest BCUT2D eigenvalue weighted by atomic mass is 79.9. The molecule has 0 bridgehead atoms. The number of hydrogen-bond acceptors (Lipinski definition) is 2. The molecule has 3 heteroatoms. The molecule has 1 aliphatic carbocycles. The summed E-state index contributed by atoms with van der Waals surface area (Å²) in [6.07, 6.45) is 7.05. The Kier molecular flexibility index (Phi) is 3.42. The van der Waals surface area contributed by atoms with E-state index >= 15 is 0 Å². The molecule has 1 nitrogen and oxygen atoms in total. The quantitative estimate of drug-likeness (QED) is 0.826. The van der Waals surface area contributed by atoms with E-state index in [0.717, 1.165) is 6.42 Å². The van der Waals surface area contributed by atoms with E-state index in [-0.39, 0.29) is 6.04 Å². The van der Waals surface area contributed by atoms with Gasteiger partial charge < -0.3 is 5.73 Å². The van der Waals surface area contributed by atoms with Gasteiger partial charge >= 0.3 is 0 Å². The molecule has 0 saturated heterocycles. The van der Waals surface area contributed by atoms with Crippen molar-refractivity contribution < 1.29 is 0 Å². The van der Waals surface area contributed by atoms with Crippen molar-refractivity contribution in [2.45, 2.75) is 31.7 Å². The molecule has 0 aliphatic heterocycles. The zero-order valence-corrected chi connectivity index (χ0v) is 10.4. The Hall–Kier alpha value is -0.120. The van der Waals surface area contributed by atoms with Crippen LogP contribution in [0.15, 0.2) is 21.3 Å². The zero-order valence-electron chi connectivity index (χ0n) is 8.00. The Morgan fingerprint density at radius 1 is 1.36 bits per heavy atom. The SMILES string of the molecule is NC1C=C(c2cscc2Br)CCCC1. The van der Waals surface area contributed by atoms with Gasteiger partial charge in [-0.3, -0.25) is 0 Å². The van der Waals surface area contributed by atoms with Gasteiger partial charge in [0.25, 0.3) is 0 Å². The van der Waals surface area contributed by atoms with Crippen LogP contribution in [-0.4, -0.2) is 6.04 Å². The highest BCUT2D eigenvalue weighted by Gasteiger charge is 2.12. The van der Waals surface area contributed by atoms with Crippen LogP contribution in [0.3, 0.4) is 0 Å². The third kappa shape index (κ3) is 2.27. The molecule has 1 aliphatic rings. The second-order valence-corrected chi connectivity index (χ2v) is 5.33. The molecule has 2 rings (SSSR count). The van der Waals surface area contributed by atoms with E-state index in [0.29, 0.717) is 0 Å². The van der Waals surface area contributed by atoms with Gasteiger partial charge in [-0.15, -0.1) is 0 Å². The molecule has 0 aromatic carbocycles. The van der Waals surface area contributed by atoms with E-state index in [9.17, 15) is 0 Å². The van der Waals surface area contributed by atoms with E-state index < -0.39 is 0 Å². The summed E-state index contributed by atoms with van der Waals surface area (Å²) in [5.74, 6) is 0. The normalized spacial score (nSPS) is 23.0. The Bertz CT molecular complexity index is 343. The summed E-state index contributed by atoms with van der Waals surface area (Å²) in [7, 11) is 0. The molecule has 0 saturated carbocycles. The van der Waals surface area contributed by atoms with Crippen LogP contribution in [0.25, 0.3) is 5.57 Å². The first-order valence-corrected chi connectivity index (χ1v) is 6.69. The molecule has 76 valence electrons. The summed E-state index contributed by atoms with van der Waals surface area (Å²) in [6.45, 7) is 0. The highest BCUT2D eigenvalue weighted by molar-refractivity contribution is 9.10. The highest BCUT2D eigenvalue weighted by Crippen LogP contribution is 2.33. The average molecular weight is 272 g/mol. The third-order valence-corrected chi connectivity index (χ3v) is 4.31. The van der Waals surface area contributed by atoms with Crippen LogP contribution in [0, 0.1) is 0 Å². The number of hydrogen-bond donors (Lipinski definition) is 1. The first-order valence-electron chi connectivity index (χ1n) is 4.95. The lowest BCUT2D eigenvalue weighted by Crippen LogP contribution is -2.15. The average Bonchev–Trinajstić information content (AvgIpc) is 2.45. The van der Waals surface area contributed by atoms with Crippen LogP contribution in [0.5, 0.6) is 0 Å². The molecule has 1 aromatic heterocycles. The zero-order chi connectivity index (χ0) is 9.97. The minimum absolute atomic E-state index is 0.249. The van der Waals surface area contributed by atoms with Crippen molar-refractivity contribution in [1.29, 1.82) is 0 Å². The fourth-order valence-corrected chi connectivity index (χ4v) is 3.43. The van der Waals surface area contributed by atoms with E-state index in [1.54, 1.807) is 11.3 Å². The molecule has 0 spiro atoms. The predicted octanol–water partition coefficient (Wildman–Crippen LogP) is 3.80. The van der Waals surface area contributed by atoms with Gasteiger partial charge in [0.05, 0.1) is 0 Å². The second-order valence-electron chi connectivity index (χ2n) is 3.73. The van der Waals surface area contributed by atoms with Crippen LogP contribution in [-0.2, 0) is 0 Å². The minimum Gasteiger partial charge on any atom is -0.324 e. The third-order valence-electron chi connectivity index (χ3n) is 2.61. The maximum atomic E-state index is 5.99. The number of rotatable bonds is 1. The Morgan fingerprint density at radius 2 is 2.21 bits per heavy atom. The largest absolute Gasteiger partial charge is 0.324 e. The summed E-state index contributed by atoms with van der Waals surface area (Å²) in [4.78, 5) is 0. The molecule has 1 atom stereocenters. The van der Waals surface area contributed by atoms with Crippen molar-refractivity contribution in [3.8, 4) is 0 Å². The van der Waals surface area contributed by atoms with Gasteiger partial charge in [-0.2, -0.15) is 11.3 Å². The fourth-order valence-electron chi connectivity index (χ4n) is 1.86. The number of allylic oxidation sites excluding steroid dienone is 1. The number of thiophene rings is 1. The standard InChI is InChI=1S/C11H14BrNS/c12-11-7-14-6-10(11)8-3-1-2-4-9(13)5-8/h5-7,9H,1-4,13H2. The topological polar surface area (TPSA) is 26.0 Å². The van der Waals surface area contributed by atoms with Gasteiger partial charge in [-0.25, -0.2) is 0 Å². The Labute approximate surface area is 97.1 Å². The van der Waals surface area contributed by atoms with Gasteiger partial charge in [0.1, 0.15) is 0 Å². The minimum atomic E-state index is 0.249. The fraction of sp³-hybridized carbons (Fsp3) is 0.455. The summed E-state index contributed by atoms with van der Waals surface area (Å²) in [6, 6.07) is 0.249.